The van der Waals surface area contributed by atoms with Crippen molar-refractivity contribution in [1.29, 1.82) is 0 Å². The minimum absolute atomic E-state index is 0.646. The van der Waals surface area contributed by atoms with Gasteiger partial charge in [-0.3, -0.25) is 0 Å². The summed E-state index contributed by atoms with van der Waals surface area (Å²) in [5.74, 6) is 2.97. The zero-order valence-corrected chi connectivity index (χ0v) is 16.1. The van der Waals surface area contributed by atoms with Crippen LogP contribution in [0, 0.1) is 11.8 Å². The summed E-state index contributed by atoms with van der Waals surface area (Å²) in [6.45, 7) is 12.4. The lowest BCUT2D eigenvalue weighted by Gasteiger charge is -2.17. The molecule has 0 saturated heterocycles. The summed E-state index contributed by atoms with van der Waals surface area (Å²) in [6.07, 6.45) is 3.20. The Morgan fingerprint density at radius 2 is 1.61 bits per heavy atom. The molecule has 0 fully saturated rings. The van der Waals surface area contributed by atoms with Gasteiger partial charge in [0.05, 0.1) is 13.7 Å². The SMILES string of the molecule is CCC.COCCCOc1cc(CC(C)C(C)C)ccc1OC. The monoisotopic (exact) mass is 324 g/mol. The number of hydrogen-bond acceptors (Lipinski definition) is 3. The van der Waals surface area contributed by atoms with Gasteiger partial charge in [-0.15, -0.1) is 0 Å². The summed E-state index contributed by atoms with van der Waals surface area (Å²) < 4.78 is 16.2. The largest absolute Gasteiger partial charge is 0.493 e. The number of benzene rings is 1. The Kier molecular flexibility index (Phi) is 12.5. The highest BCUT2D eigenvalue weighted by atomic mass is 16.5. The molecule has 1 unspecified atom stereocenters. The lowest BCUT2D eigenvalue weighted by molar-refractivity contribution is 0.170. The van der Waals surface area contributed by atoms with Gasteiger partial charge >= 0.3 is 0 Å². The van der Waals surface area contributed by atoms with E-state index in [9.17, 15) is 0 Å². The number of ether oxygens (including phenoxy) is 3. The van der Waals surface area contributed by atoms with E-state index in [1.807, 2.05) is 6.07 Å². The van der Waals surface area contributed by atoms with Crippen LogP contribution in [0.15, 0.2) is 18.2 Å². The molecule has 0 radical (unpaired) electrons. The van der Waals surface area contributed by atoms with Crippen molar-refractivity contribution in [3.05, 3.63) is 23.8 Å². The van der Waals surface area contributed by atoms with E-state index >= 15 is 0 Å². The number of hydrogen-bond donors (Lipinski definition) is 0. The molecular weight excluding hydrogens is 288 g/mol. The van der Waals surface area contributed by atoms with E-state index in [-0.39, 0.29) is 0 Å². The van der Waals surface area contributed by atoms with Crippen LogP contribution in [-0.4, -0.2) is 27.4 Å². The van der Waals surface area contributed by atoms with E-state index in [0.717, 1.165) is 24.3 Å². The average molecular weight is 325 g/mol. The van der Waals surface area contributed by atoms with Gasteiger partial charge in [-0.2, -0.15) is 0 Å². The van der Waals surface area contributed by atoms with E-state index in [1.54, 1.807) is 14.2 Å². The maximum Gasteiger partial charge on any atom is 0.161 e. The first-order chi connectivity index (χ1) is 11.0. The predicted molar refractivity (Wildman–Crippen MR) is 98.7 cm³/mol. The van der Waals surface area contributed by atoms with Gasteiger partial charge in [0.2, 0.25) is 0 Å². The molecule has 0 aliphatic carbocycles. The zero-order valence-electron chi connectivity index (χ0n) is 16.1. The maximum absolute atomic E-state index is 5.81. The van der Waals surface area contributed by atoms with Gasteiger partial charge in [0, 0.05) is 20.1 Å². The molecule has 0 bridgehead atoms. The molecule has 0 aliphatic rings. The van der Waals surface area contributed by atoms with E-state index in [2.05, 4.69) is 46.8 Å². The highest BCUT2D eigenvalue weighted by Crippen LogP contribution is 2.29. The summed E-state index contributed by atoms with van der Waals surface area (Å²) >= 11 is 0. The van der Waals surface area contributed by atoms with Crippen LogP contribution in [0.1, 0.15) is 53.0 Å². The van der Waals surface area contributed by atoms with Crippen LogP contribution in [0.5, 0.6) is 11.5 Å². The summed E-state index contributed by atoms with van der Waals surface area (Å²) in [7, 11) is 3.38. The van der Waals surface area contributed by atoms with Crippen LogP contribution in [0.25, 0.3) is 0 Å². The van der Waals surface area contributed by atoms with Crippen molar-refractivity contribution >= 4 is 0 Å². The maximum atomic E-state index is 5.81. The molecule has 0 spiro atoms. The summed E-state index contributed by atoms with van der Waals surface area (Å²) in [6, 6.07) is 6.22. The van der Waals surface area contributed by atoms with Crippen LogP contribution in [-0.2, 0) is 11.2 Å². The third-order valence-corrected chi connectivity index (χ3v) is 3.67. The first-order valence-corrected chi connectivity index (χ1v) is 8.78. The van der Waals surface area contributed by atoms with Crippen LogP contribution in [0.2, 0.25) is 0 Å². The highest BCUT2D eigenvalue weighted by Gasteiger charge is 2.11. The summed E-state index contributed by atoms with van der Waals surface area (Å²) in [5, 5.41) is 0. The first-order valence-electron chi connectivity index (χ1n) is 8.78. The Morgan fingerprint density at radius 3 is 2.13 bits per heavy atom. The van der Waals surface area contributed by atoms with Crippen molar-refractivity contribution in [1.82, 2.24) is 0 Å². The van der Waals surface area contributed by atoms with Crippen molar-refractivity contribution in [2.24, 2.45) is 11.8 Å². The molecule has 0 aliphatic heterocycles. The molecule has 1 aromatic carbocycles. The van der Waals surface area contributed by atoms with Crippen LogP contribution >= 0.6 is 0 Å². The standard InChI is InChI=1S/C17H28O3.C3H8/c1-13(2)14(3)11-15-7-8-16(19-5)17(12-15)20-10-6-9-18-4;1-3-2/h7-8,12-14H,6,9-11H2,1-5H3;3H2,1-2H3. The van der Waals surface area contributed by atoms with Crippen molar-refractivity contribution < 1.29 is 14.2 Å². The summed E-state index contributed by atoms with van der Waals surface area (Å²) in [5.41, 5.74) is 1.30. The van der Waals surface area contributed by atoms with Gasteiger partial charge in [0.25, 0.3) is 0 Å². The fourth-order valence-electron chi connectivity index (χ4n) is 1.95. The molecule has 3 nitrogen and oxygen atoms in total. The molecule has 0 N–H and O–H groups in total. The fraction of sp³-hybridized carbons (Fsp3) is 0.700. The molecule has 3 heteroatoms. The Labute approximate surface area is 143 Å². The second kappa shape index (κ2) is 13.2. The van der Waals surface area contributed by atoms with Crippen molar-refractivity contribution in [3.63, 3.8) is 0 Å². The lowest BCUT2D eigenvalue weighted by Crippen LogP contribution is -2.08. The second-order valence-corrected chi connectivity index (χ2v) is 6.31. The van der Waals surface area contributed by atoms with Crippen LogP contribution < -0.4 is 9.47 Å². The smallest absolute Gasteiger partial charge is 0.161 e. The molecule has 134 valence electrons. The van der Waals surface area contributed by atoms with Gasteiger partial charge in [-0.25, -0.2) is 0 Å². The topological polar surface area (TPSA) is 27.7 Å². The molecule has 1 aromatic rings. The van der Waals surface area contributed by atoms with Gasteiger partial charge in [-0.05, 0) is 36.0 Å². The van der Waals surface area contributed by atoms with Crippen LogP contribution in [0.3, 0.4) is 0 Å². The minimum atomic E-state index is 0.646. The Morgan fingerprint density at radius 1 is 0.957 bits per heavy atom. The average Bonchev–Trinajstić information content (AvgIpc) is 2.52. The van der Waals surface area contributed by atoms with Crippen molar-refractivity contribution in [2.75, 3.05) is 27.4 Å². The van der Waals surface area contributed by atoms with Crippen LogP contribution in [0.4, 0.5) is 0 Å². The van der Waals surface area contributed by atoms with Crippen molar-refractivity contribution in [2.45, 2.75) is 53.9 Å². The molecular formula is C20H36O3. The zero-order chi connectivity index (χ0) is 17.7. The van der Waals surface area contributed by atoms with Gasteiger partial charge < -0.3 is 14.2 Å². The number of rotatable bonds is 9. The molecule has 0 saturated carbocycles. The van der Waals surface area contributed by atoms with E-state index < -0.39 is 0 Å². The lowest BCUT2D eigenvalue weighted by atomic mass is 9.91. The summed E-state index contributed by atoms with van der Waals surface area (Å²) in [4.78, 5) is 0. The van der Waals surface area contributed by atoms with E-state index in [4.69, 9.17) is 14.2 Å². The van der Waals surface area contributed by atoms with Crippen molar-refractivity contribution in [3.8, 4) is 11.5 Å². The van der Waals surface area contributed by atoms with Gasteiger partial charge in [-0.1, -0.05) is 47.1 Å². The molecule has 23 heavy (non-hydrogen) atoms. The molecule has 0 heterocycles. The van der Waals surface area contributed by atoms with Gasteiger partial charge in [0.15, 0.2) is 11.5 Å². The first kappa shape index (κ1) is 21.8. The van der Waals surface area contributed by atoms with E-state index in [0.29, 0.717) is 25.0 Å². The Balaban J connectivity index is 0.00000149. The molecule has 1 atom stereocenters. The molecule has 0 amide bonds. The minimum Gasteiger partial charge on any atom is -0.493 e. The Hall–Kier alpha value is -1.22. The fourth-order valence-corrected chi connectivity index (χ4v) is 1.95. The predicted octanol–water partition coefficient (Wildman–Crippen LogP) is 5.36. The quantitative estimate of drug-likeness (QED) is 0.572. The molecule has 1 rings (SSSR count). The molecule has 0 aromatic heterocycles. The highest BCUT2D eigenvalue weighted by molar-refractivity contribution is 5.43. The Bertz CT molecular complexity index is 402. The third-order valence-electron chi connectivity index (χ3n) is 3.67. The van der Waals surface area contributed by atoms with E-state index in [1.165, 1.54) is 12.0 Å². The number of methoxy groups -OCH3 is 2. The third kappa shape index (κ3) is 9.50. The van der Waals surface area contributed by atoms with Gasteiger partial charge in [0.1, 0.15) is 0 Å². The normalized spacial score (nSPS) is 11.7. The second-order valence-electron chi connectivity index (χ2n) is 6.31.